The molecule has 2 atom stereocenters. The lowest BCUT2D eigenvalue weighted by Gasteiger charge is -2.39. The van der Waals surface area contributed by atoms with E-state index in [1.54, 1.807) is 0 Å². The van der Waals surface area contributed by atoms with E-state index in [1.165, 1.54) is 11.9 Å². The predicted octanol–water partition coefficient (Wildman–Crippen LogP) is -0.498. The van der Waals surface area contributed by atoms with Gasteiger partial charge in [-0.15, -0.1) is 0 Å². The summed E-state index contributed by atoms with van der Waals surface area (Å²) >= 11 is 1.44. The van der Waals surface area contributed by atoms with Crippen LogP contribution in [0.3, 0.4) is 0 Å². The molecular weight excluding hydrogens is 298 g/mol. The van der Waals surface area contributed by atoms with E-state index in [-0.39, 0.29) is 5.71 Å². The second-order valence-corrected chi connectivity index (χ2v) is 5.62. The summed E-state index contributed by atoms with van der Waals surface area (Å²) in [5.41, 5.74) is -2.35. The van der Waals surface area contributed by atoms with Gasteiger partial charge in [-0.1, -0.05) is 11.9 Å². The number of aliphatic carboxylic acids is 1. The molecule has 3 amide bonds. The second-order valence-electron chi connectivity index (χ2n) is 4.79. The van der Waals surface area contributed by atoms with Gasteiger partial charge in [0.1, 0.15) is 12.5 Å². The van der Waals surface area contributed by atoms with Gasteiger partial charge in [0.15, 0.2) is 5.71 Å². The van der Waals surface area contributed by atoms with Gasteiger partial charge in [0.25, 0.3) is 11.6 Å². The molecule has 2 N–H and O–H groups in total. The van der Waals surface area contributed by atoms with Crippen LogP contribution in [0.15, 0.2) is 9.98 Å². The molecule has 0 aromatic rings. The maximum Gasteiger partial charge on any atom is 0.359 e. The van der Waals surface area contributed by atoms with Crippen molar-refractivity contribution in [3.63, 3.8) is 0 Å². The number of nitrogens with zero attached hydrogens (tertiary/aromatic N) is 4. The van der Waals surface area contributed by atoms with E-state index in [4.69, 9.17) is 0 Å². The fourth-order valence-electron chi connectivity index (χ4n) is 2.72. The van der Waals surface area contributed by atoms with Gasteiger partial charge in [-0.2, -0.15) is 0 Å². The van der Waals surface area contributed by atoms with E-state index in [0.29, 0.717) is 6.42 Å². The number of carbonyl (C=O) groups excluding carboxylic acids is 2. The zero-order valence-corrected chi connectivity index (χ0v) is 12.0. The molecular formula is C11H13N5O4S. The molecule has 3 aliphatic heterocycles. The number of carbonyl (C=O) groups is 3. The Morgan fingerprint density at radius 3 is 3.00 bits per heavy atom. The average molecular weight is 311 g/mol. The first-order valence-corrected chi connectivity index (χ1v) is 7.51. The quantitative estimate of drug-likeness (QED) is 0.679. The molecule has 2 unspecified atom stereocenters. The number of nitrogens with one attached hydrogen (secondary N) is 1. The highest BCUT2D eigenvalue weighted by atomic mass is 32.2. The molecule has 0 spiro atoms. The third-order valence-electron chi connectivity index (χ3n) is 3.72. The van der Waals surface area contributed by atoms with Gasteiger partial charge in [0, 0.05) is 6.54 Å². The van der Waals surface area contributed by atoms with Crippen LogP contribution in [-0.4, -0.2) is 68.9 Å². The molecule has 3 aliphatic rings. The predicted molar refractivity (Wildman–Crippen MR) is 74.9 cm³/mol. The van der Waals surface area contributed by atoms with Crippen molar-refractivity contribution in [3.05, 3.63) is 0 Å². The van der Waals surface area contributed by atoms with Gasteiger partial charge in [0.2, 0.25) is 0 Å². The van der Waals surface area contributed by atoms with Crippen LogP contribution in [0.1, 0.15) is 12.8 Å². The van der Waals surface area contributed by atoms with E-state index in [9.17, 15) is 19.5 Å². The van der Waals surface area contributed by atoms with Crippen LogP contribution in [-0.2, 0) is 9.59 Å². The average Bonchev–Trinajstić information content (AvgIpc) is 3.05. The summed E-state index contributed by atoms with van der Waals surface area (Å²) in [5.74, 6) is -2.13. The Labute approximate surface area is 124 Å². The lowest BCUT2D eigenvalue weighted by Crippen LogP contribution is -2.71. The number of carboxylic acids is 1. The summed E-state index contributed by atoms with van der Waals surface area (Å²) in [6, 6.07) is -0.758. The Morgan fingerprint density at radius 1 is 1.57 bits per heavy atom. The number of hydrogen-bond acceptors (Lipinski definition) is 7. The summed E-state index contributed by atoms with van der Waals surface area (Å²) in [6.07, 6.45) is 3.96. The monoisotopic (exact) mass is 311 g/mol. The van der Waals surface area contributed by atoms with Crippen molar-refractivity contribution in [2.24, 2.45) is 9.98 Å². The van der Waals surface area contributed by atoms with Crippen LogP contribution in [0, 0.1) is 0 Å². The van der Waals surface area contributed by atoms with Gasteiger partial charge in [-0.25, -0.2) is 28.8 Å². The van der Waals surface area contributed by atoms with Gasteiger partial charge < -0.3 is 5.11 Å². The van der Waals surface area contributed by atoms with Gasteiger partial charge >= 0.3 is 12.0 Å². The Hall–Kier alpha value is -1.94. The van der Waals surface area contributed by atoms with Gasteiger partial charge in [-0.05, 0) is 19.1 Å². The first-order chi connectivity index (χ1) is 10.0. The van der Waals surface area contributed by atoms with E-state index >= 15 is 0 Å². The van der Waals surface area contributed by atoms with Gasteiger partial charge in [0.05, 0.1) is 0 Å². The topological polar surface area (TPSA) is 115 Å². The molecule has 9 nitrogen and oxygen atoms in total. The number of amides is 3. The number of imide groups is 1. The van der Waals surface area contributed by atoms with Crippen molar-refractivity contribution in [3.8, 4) is 0 Å². The molecule has 21 heavy (non-hydrogen) atoms. The fraction of sp³-hybridized carbons (Fsp3) is 0.545. The van der Waals surface area contributed by atoms with Crippen LogP contribution in [0.5, 0.6) is 0 Å². The van der Waals surface area contributed by atoms with Crippen LogP contribution >= 0.6 is 11.9 Å². The minimum absolute atomic E-state index is 0.275. The number of hydrogen-bond donors (Lipinski definition) is 2. The SMILES string of the molecule is CSN1CCCC1N1C(=O)NC2(C(=O)O)N=CN=C2C1=O. The second kappa shape index (κ2) is 4.81. The molecule has 3 rings (SSSR count). The highest BCUT2D eigenvalue weighted by Crippen LogP contribution is 2.30. The summed E-state index contributed by atoms with van der Waals surface area (Å²) in [5, 5.41) is 11.6. The largest absolute Gasteiger partial charge is 0.478 e. The molecule has 0 saturated carbocycles. The first kappa shape index (κ1) is 14.0. The maximum absolute atomic E-state index is 12.5. The van der Waals surface area contributed by atoms with Crippen molar-refractivity contribution in [1.82, 2.24) is 14.5 Å². The summed E-state index contributed by atoms with van der Waals surface area (Å²) in [6.45, 7) is 0.760. The molecule has 112 valence electrons. The number of carboxylic acid groups (broad SMARTS) is 1. The summed E-state index contributed by atoms with van der Waals surface area (Å²) in [7, 11) is 0. The molecule has 0 radical (unpaired) electrons. The van der Waals surface area contributed by atoms with Crippen LogP contribution in [0.4, 0.5) is 4.79 Å². The Bertz CT molecular complexity index is 591. The van der Waals surface area contributed by atoms with Crippen molar-refractivity contribution < 1.29 is 19.5 Å². The van der Waals surface area contributed by atoms with E-state index in [2.05, 4.69) is 15.3 Å². The Morgan fingerprint density at radius 2 is 2.33 bits per heavy atom. The zero-order valence-electron chi connectivity index (χ0n) is 11.1. The molecule has 0 aromatic carbocycles. The molecule has 2 saturated heterocycles. The highest BCUT2D eigenvalue weighted by Gasteiger charge is 2.58. The Balaban J connectivity index is 1.96. The van der Waals surface area contributed by atoms with Crippen molar-refractivity contribution in [2.75, 3.05) is 12.8 Å². The highest BCUT2D eigenvalue weighted by molar-refractivity contribution is 7.96. The van der Waals surface area contributed by atoms with Gasteiger partial charge in [-0.3, -0.25) is 10.1 Å². The molecule has 2 fully saturated rings. The summed E-state index contributed by atoms with van der Waals surface area (Å²) < 4.78 is 1.92. The van der Waals surface area contributed by atoms with Crippen LogP contribution in [0.25, 0.3) is 0 Å². The standard InChI is InChI=1S/C11H13N5O4S/c1-21-15-4-2-3-6(15)16-8(17)7-11(9(18)19,13-5-12-7)14-10(16)20/h5-6H,2-4H2,1H3,(H,14,20)(H,18,19). The third-order valence-corrected chi connectivity index (χ3v) is 4.62. The number of fused-ring (bicyclic) bond motifs is 1. The minimum Gasteiger partial charge on any atom is -0.478 e. The van der Waals surface area contributed by atoms with Crippen molar-refractivity contribution >= 4 is 41.9 Å². The van der Waals surface area contributed by atoms with E-state index < -0.39 is 29.7 Å². The molecule has 10 heteroatoms. The molecule has 3 heterocycles. The smallest absolute Gasteiger partial charge is 0.359 e. The number of rotatable bonds is 3. The fourth-order valence-corrected chi connectivity index (χ4v) is 3.48. The van der Waals surface area contributed by atoms with Crippen molar-refractivity contribution in [2.45, 2.75) is 24.7 Å². The number of urea groups is 1. The molecule has 0 aliphatic carbocycles. The number of aliphatic imine (C=N–C) groups is 2. The Kier molecular flexibility index (Phi) is 3.21. The maximum atomic E-state index is 12.5. The van der Waals surface area contributed by atoms with Crippen molar-refractivity contribution in [1.29, 1.82) is 0 Å². The lowest BCUT2D eigenvalue weighted by atomic mass is 10.0. The summed E-state index contributed by atoms with van der Waals surface area (Å²) in [4.78, 5) is 44.7. The minimum atomic E-state index is -2.08. The molecule has 0 bridgehead atoms. The van der Waals surface area contributed by atoms with Crippen LogP contribution in [0.2, 0.25) is 0 Å². The third kappa shape index (κ3) is 1.86. The molecule has 0 aromatic heterocycles. The first-order valence-electron chi connectivity index (χ1n) is 6.33. The van der Waals surface area contributed by atoms with Crippen LogP contribution < -0.4 is 5.32 Å². The van der Waals surface area contributed by atoms with E-state index in [0.717, 1.165) is 24.2 Å². The van der Waals surface area contributed by atoms with E-state index in [1.807, 2.05) is 10.6 Å². The lowest BCUT2D eigenvalue weighted by molar-refractivity contribution is -0.143. The zero-order chi connectivity index (χ0) is 15.2. The normalized spacial score (nSPS) is 32.1.